The highest BCUT2D eigenvalue weighted by Crippen LogP contribution is 2.32. The maximum absolute atomic E-state index is 13.5. The highest BCUT2D eigenvalue weighted by atomic mass is 19.1. The van der Waals surface area contributed by atoms with E-state index in [0.717, 1.165) is 12.1 Å². The number of pyridine rings is 1. The van der Waals surface area contributed by atoms with Gasteiger partial charge in [-0.2, -0.15) is 9.49 Å². The van der Waals surface area contributed by atoms with Crippen molar-refractivity contribution in [2.75, 3.05) is 19.8 Å². The molecule has 7 heteroatoms. The Morgan fingerprint density at radius 3 is 2.93 bits per heavy atom. The molecule has 0 spiro atoms. The van der Waals surface area contributed by atoms with Gasteiger partial charge in [-0.3, -0.25) is 9.48 Å². The van der Waals surface area contributed by atoms with Gasteiger partial charge in [0.1, 0.15) is 0 Å². The van der Waals surface area contributed by atoms with Crippen molar-refractivity contribution in [3.05, 3.63) is 47.3 Å². The average molecular weight is 386 g/mol. The number of carbonyl (C=O) groups is 1. The Labute approximate surface area is 164 Å². The van der Waals surface area contributed by atoms with E-state index < -0.39 is 5.95 Å². The number of rotatable bonds is 6. The van der Waals surface area contributed by atoms with Crippen LogP contribution < -0.4 is 0 Å². The summed E-state index contributed by atoms with van der Waals surface area (Å²) >= 11 is 0. The fourth-order valence-corrected chi connectivity index (χ4v) is 4.50. The van der Waals surface area contributed by atoms with Crippen LogP contribution in [0, 0.1) is 11.9 Å². The topological polar surface area (TPSA) is 60.2 Å². The summed E-state index contributed by atoms with van der Waals surface area (Å²) in [5.41, 5.74) is 2.59. The molecule has 3 heterocycles. The van der Waals surface area contributed by atoms with E-state index in [4.69, 9.17) is 4.74 Å². The molecule has 0 radical (unpaired) electrons. The highest BCUT2D eigenvalue weighted by Gasteiger charge is 2.33. The van der Waals surface area contributed by atoms with Gasteiger partial charge in [-0.05, 0) is 31.7 Å². The van der Waals surface area contributed by atoms with Crippen LogP contribution in [0.1, 0.15) is 60.1 Å². The van der Waals surface area contributed by atoms with Crippen molar-refractivity contribution in [3.8, 4) is 0 Å². The molecular weight excluding hydrogens is 359 g/mol. The summed E-state index contributed by atoms with van der Waals surface area (Å²) in [6.07, 6.45) is 8.36. The second-order valence-corrected chi connectivity index (χ2v) is 7.80. The number of carbonyl (C=O) groups excluding carboxylic acids is 1. The average Bonchev–Trinajstić information content (AvgIpc) is 3.36. The van der Waals surface area contributed by atoms with Crippen molar-refractivity contribution in [1.82, 2.24) is 19.7 Å². The molecule has 1 atom stereocenters. The van der Waals surface area contributed by atoms with Crippen LogP contribution in [-0.2, 0) is 17.8 Å². The lowest BCUT2D eigenvalue weighted by atomic mass is 9.95. The lowest BCUT2D eigenvalue weighted by molar-refractivity contribution is 0.0645. The van der Waals surface area contributed by atoms with Gasteiger partial charge in [0, 0.05) is 55.5 Å². The molecular formula is C21H27FN4O2. The summed E-state index contributed by atoms with van der Waals surface area (Å²) in [5, 5.41) is 4.65. The van der Waals surface area contributed by atoms with Crippen LogP contribution in [0.4, 0.5) is 4.39 Å². The quantitative estimate of drug-likeness (QED) is 0.714. The number of aromatic nitrogens is 3. The Balaban J connectivity index is 1.58. The van der Waals surface area contributed by atoms with E-state index in [9.17, 15) is 9.18 Å². The smallest absolute Gasteiger partial charge is 0.254 e. The molecule has 4 rings (SSSR count). The van der Waals surface area contributed by atoms with E-state index in [2.05, 4.69) is 14.8 Å². The maximum Gasteiger partial charge on any atom is 0.254 e. The Hall–Kier alpha value is -2.28. The summed E-state index contributed by atoms with van der Waals surface area (Å²) in [6.45, 7) is 5.14. The Morgan fingerprint density at radius 2 is 2.18 bits per heavy atom. The second kappa shape index (κ2) is 8.39. The van der Waals surface area contributed by atoms with Crippen LogP contribution in [0.2, 0.25) is 0 Å². The Kier molecular flexibility index (Phi) is 5.71. The lowest BCUT2D eigenvalue weighted by Gasteiger charge is -2.33. The molecule has 1 saturated carbocycles. The van der Waals surface area contributed by atoms with E-state index in [0.29, 0.717) is 37.8 Å². The van der Waals surface area contributed by atoms with Crippen molar-refractivity contribution < 1.29 is 13.9 Å². The van der Waals surface area contributed by atoms with Gasteiger partial charge in [-0.15, -0.1) is 0 Å². The first-order chi connectivity index (χ1) is 13.7. The third-order valence-corrected chi connectivity index (χ3v) is 5.84. The standard InChI is InChI=1S/C21H27FN4O2/c1-2-28-14-18-13-25(21(27)16-7-8-23-19(22)9-16)12-17-10-24-26(20(17)18)11-15-5-3-4-6-15/h7-10,15,18H,2-6,11-14H2,1H3/t18-/m1/s1. The first-order valence-corrected chi connectivity index (χ1v) is 10.2. The molecule has 0 unspecified atom stereocenters. The Morgan fingerprint density at radius 1 is 1.36 bits per heavy atom. The van der Waals surface area contributed by atoms with Gasteiger partial charge in [-0.25, -0.2) is 4.98 Å². The third kappa shape index (κ3) is 3.94. The van der Waals surface area contributed by atoms with Crippen LogP contribution in [0.3, 0.4) is 0 Å². The normalized spacial score (nSPS) is 19.8. The van der Waals surface area contributed by atoms with E-state index in [1.54, 1.807) is 11.0 Å². The molecule has 0 saturated heterocycles. The van der Waals surface area contributed by atoms with Crippen LogP contribution in [0.15, 0.2) is 24.5 Å². The van der Waals surface area contributed by atoms with Gasteiger partial charge >= 0.3 is 0 Å². The molecule has 150 valence electrons. The molecule has 1 amide bonds. The van der Waals surface area contributed by atoms with Gasteiger partial charge in [0.05, 0.1) is 18.5 Å². The summed E-state index contributed by atoms with van der Waals surface area (Å²) in [7, 11) is 0. The number of halogens is 1. The summed E-state index contributed by atoms with van der Waals surface area (Å²) in [5.74, 6) is -0.0600. The molecule has 28 heavy (non-hydrogen) atoms. The summed E-state index contributed by atoms with van der Waals surface area (Å²) in [4.78, 5) is 18.2. The lowest BCUT2D eigenvalue weighted by Crippen LogP contribution is -2.40. The number of nitrogens with zero attached hydrogens (tertiary/aromatic N) is 4. The minimum absolute atomic E-state index is 0.0724. The zero-order valence-corrected chi connectivity index (χ0v) is 16.3. The van der Waals surface area contributed by atoms with Crippen LogP contribution in [0.5, 0.6) is 0 Å². The van der Waals surface area contributed by atoms with Gasteiger partial charge < -0.3 is 9.64 Å². The summed E-state index contributed by atoms with van der Waals surface area (Å²) in [6, 6.07) is 2.75. The molecule has 0 N–H and O–H groups in total. The number of hydrogen-bond donors (Lipinski definition) is 0. The molecule has 2 aromatic rings. The fraction of sp³-hybridized carbons (Fsp3) is 0.571. The monoisotopic (exact) mass is 386 g/mol. The molecule has 6 nitrogen and oxygen atoms in total. The van der Waals surface area contributed by atoms with Crippen molar-refractivity contribution in [2.45, 2.75) is 51.6 Å². The van der Waals surface area contributed by atoms with E-state index in [1.807, 2.05) is 13.1 Å². The van der Waals surface area contributed by atoms with Crippen LogP contribution in [-0.4, -0.2) is 45.3 Å². The molecule has 0 aromatic carbocycles. The van der Waals surface area contributed by atoms with Crippen LogP contribution >= 0.6 is 0 Å². The van der Waals surface area contributed by atoms with E-state index >= 15 is 0 Å². The van der Waals surface area contributed by atoms with E-state index in [1.165, 1.54) is 43.6 Å². The summed E-state index contributed by atoms with van der Waals surface area (Å²) < 4.78 is 21.3. The molecule has 0 bridgehead atoms. The van der Waals surface area contributed by atoms with Crippen molar-refractivity contribution in [1.29, 1.82) is 0 Å². The minimum Gasteiger partial charge on any atom is -0.381 e. The first kappa shape index (κ1) is 19.1. The molecule has 1 aliphatic carbocycles. The maximum atomic E-state index is 13.5. The Bertz CT molecular complexity index is 832. The van der Waals surface area contributed by atoms with Gasteiger partial charge in [0.25, 0.3) is 5.91 Å². The molecule has 1 aliphatic heterocycles. The zero-order chi connectivity index (χ0) is 19.5. The van der Waals surface area contributed by atoms with Crippen molar-refractivity contribution in [3.63, 3.8) is 0 Å². The molecule has 1 fully saturated rings. The van der Waals surface area contributed by atoms with Crippen molar-refractivity contribution in [2.24, 2.45) is 5.92 Å². The number of amides is 1. The first-order valence-electron chi connectivity index (χ1n) is 10.2. The second-order valence-electron chi connectivity index (χ2n) is 7.80. The number of ether oxygens (including phenoxy) is 1. The molecule has 2 aromatic heterocycles. The predicted molar refractivity (Wildman–Crippen MR) is 102 cm³/mol. The van der Waals surface area contributed by atoms with Gasteiger partial charge in [0.15, 0.2) is 0 Å². The number of hydrogen-bond acceptors (Lipinski definition) is 4. The minimum atomic E-state index is -0.640. The fourth-order valence-electron chi connectivity index (χ4n) is 4.50. The van der Waals surface area contributed by atoms with Gasteiger partial charge in [-0.1, -0.05) is 12.8 Å². The molecule has 2 aliphatic rings. The SMILES string of the molecule is CCOC[C@H]1CN(C(=O)c2ccnc(F)c2)Cc2cnn(CC3CCCC3)c21. The zero-order valence-electron chi connectivity index (χ0n) is 16.3. The third-order valence-electron chi connectivity index (χ3n) is 5.84. The van der Waals surface area contributed by atoms with Crippen molar-refractivity contribution >= 4 is 5.91 Å². The largest absolute Gasteiger partial charge is 0.381 e. The highest BCUT2D eigenvalue weighted by molar-refractivity contribution is 5.94. The predicted octanol–water partition coefficient (Wildman–Crippen LogP) is 3.38. The van der Waals surface area contributed by atoms with Crippen LogP contribution in [0.25, 0.3) is 0 Å². The number of fused-ring (bicyclic) bond motifs is 1. The van der Waals surface area contributed by atoms with E-state index in [-0.39, 0.29) is 11.8 Å². The van der Waals surface area contributed by atoms with Gasteiger partial charge in [0.2, 0.25) is 5.95 Å².